The summed E-state index contributed by atoms with van der Waals surface area (Å²) in [7, 11) is 5.14. The summed E-state index contributed by atoms with van der Waals surface area (Å²) in [6.45, 7) is 2.13. The van der Waals surface area contributed by atoms with Crippen molar-refractivity contribution in [1.29, 1.82) is 0 Å². The van der Waals surface area contributed by atoms with Crippen molar-refractivity contribution in [1.82, 2.24) is 25.0 Å². The molecular formula is C17H24IN7O2. The van der Waals surface area contributed by atoms with Gasteiger partial charge in [0.2, 0.25) is 11.8 Å². The molecule has 1 aliphatic rings. The summed E-state index contributed by atoms with van der Waals surface area (Å²) in [6, 6.07) is 3.76. The predicted octanol–water partition coefficient (Wildman–Crippen LogP) is 0.866. The van der Waals surface area contributed by atoms with Crippen molar-refractivity contribution in [2.24, 2.45) is 12.0 Å². The number of nitrogens with zero attached hydrogens (tertiary/aromatic N) is 6. The largest absolute Gasteiger partial charge is 0.481 e. The lowest BCUT2D eigenvalue weighted by atomic mass is 10.2. The first-order valence-corrected chi connectivity index (χ1v) is 8.34. The smallest absolute Gasteiger partial charge is 0.246 e. The van der Waals surface area contributed by atoms with Crippen LogP contribution in [0.25, 0.3) is 0 Å². The number of anilines is 1. The Hall–Kier alpha value is -2.37. The maximum Gasteiger partial charge on any atom is 0.246 e. The molecule has 1 aliphatic heterocycles. The van der Waals surface area contributed by atoms with E-state index in [-0.39, 0.29) is 36.4 Å². The van der Waals surface area contributed by atoms with Crippen molar-refractivity contribution in [3.8, 4) is 5.88 Å². The molecule has 0 aromatic carbocycles. The van der Waals surface area contributed by atoms with Crippen molar-refractivity contribution in [2.75, 3.05) is 38.7 Å². The van der Waals surface area contributed by atoms with Gasteiger partial charge in [-0.15, -0.1) is 24.0 Å². The number of carbonyl (C=O) groups excluding carboxylic acids is 1. The average Bonchev–Trinajstić information content (AvgIpc) is 3.09. The molecule has 0 radical (unpaired) electrons. The first-order chi connectivity index (χ1) is 12.6. The van der Waals surface area contributed by atoms with Crippen LogP contribution in [0, 0.1) is 0 Å². The second-order valence-electron chi connectivity index (χ2n) is 5.95. The lowest BCUT2D eigenvalue weighted by molar-refractivity contribution is -0.120. The number of guanidine groups is 1. The van der Waals surface area contributed by atoms with Crippen LogP contribution in [0.15, 0.2) is 35.7 Å². The monoisotopic (exact) mass is 485 g/mol. The van der Waals surface area contributed by atoms with Crippen LogP contribution >= 0.6 is 24.0 Å². The number of ether oxygens (including phenoxy) is 1. The van der Waals surface area contributed by atoms with Crippen molar-refractivity contribution in [3.05, 3.63) is 36.3 Å². The second-order valence-corrected chi connectivity index (χ2v) is 5.95. The lowest BCUT2D eigenvalue weighted by Gasteiger charge is -2.35. The van der Waals surface area contributed by atoms with E-state index in [1.807, 2.05) is 30.3 Å². The van der Waals surface area contributed by atoms with Crippen LogP contribution in [0.1, 0.15) is 5.56 Å². The minimum atomic E-state index is 0. The molecule has 0 unspecified atom stereocenters. The molecule has 1 fully saturated rings. The van der Waals surface area contributed by atoms with Gasteiger partial charge in [-0.1, -0.05) is 6.07 Å². The van der Waals surface area contributed by atoms with E-state index < -0.39 is 0 Å². The number of halogens is 1. The number of aryl methyl sites for hydroxylation is 1. The van der Waals surface area contributed by atoms with Crippen molar-refractivity contribution >= 4 is 41.5 Å². The molecule has 0 saturated carbocycles. The highest BCUT2D eigenvalue weighted by atomic mass is 127. The van der Waals surface area contributed by atoms with Gasteiger partial charge in [0.05, 0.1) is 19.0 Å². The Bertz CT molecular complexity index is 791. The molecule has 1 amide bonds. The van der Waals surface area contributed by atoms with Crippen LogP contribution in [0.2, 0.25) is 0 Å². The number of pyridine rings is 1. The Morgan fingerprint density at radius 2 is 2.15 bits per heavy atom. The molecule has 3 heterocycles. The molecular weight excluding hydrogens is 461 g/mol. The van der Waals surface area contributed by atoms with E-state index in [0.717, 1.165) is 11.3 Å². The number of hydrogen-bond acceptors (Lipinski definition) is 5. The van der Waals surface area contributed by atoms with Gasteiger partial charge in [-0.2, -0.15) is 5.10 Å². The standard InChI is InChI=1S/C17H23N7O2.HI/c1-18-17(20-9-13-4-5-15(26-3)19-8-13)23-6-7-24(16(25)12-23)14-10-21-22(2)11-14;/h4-5,8,10-11H,6-7,9,12H2,1-3H3,(H,18,20);1H. The fraction of sp³-hybridized carbons (Fsp3) is 0.412. The number of nitrogens with one attached hydrogen (secondary N) is 1. The van der Waals surface area contributed by atoms with Gasteiger partial charge in [0.1, 0.15) is 6.54 Å². The lowest BCUT2D eigenvalue weighted by Crippen LogP contribution is -2.55. The Balaban J connectivity index is 0.00000261. The number of carbonyl (C=O) groups is 1. The van der Waals surface area contributed by atoms with Crippen LogP contribution in [0.3, 0.4) is 0 Å². The zero-order valence-electron chi connectivity index (χ0n) is 15.6. The average molecular weight is 485 g/mol. The molecule has 0 spiro atoms. The van der Waals surface area contributed by atoms with Crippen molar-refractivity contribution < 1.29 is 9.53 Å². The Labute approximate surface area is 175 Å². The summed E-state index contributed by atoms with van der Waals surface area (Å²) in [5, 5.41) is 7.41. The molecule has 2 aromatic rings. The van der Waals surface area contributed by atoms with E-state index in [2.05, 4.69) is 20.4 Å². The molecule has 0 aliphatic carbocycles. The van der Waals surface area contributed by atoms with E-state index in [4.69, 9.17) is 4.74 Å². The van der Waals surface area contributed by atoms with Crippen LogP contribution < -0.4 is 15.0 Å². The fourth-order valence-electron chi connectivity index (χ4n) is 2.82. The number of rotatable bonds is 4. The van der Waals surface area contributed by atoms with E-state index >= 15 is 0 Å². The minimum Gasteiger partial charge on any atom is -0.481 e. The molecule has 0 atom stereocenters. The summed E-state index contributed by atoms with van der Waals surface area (Å²) in [5.41, 5.74) is 1.83. The van der Waals surface area contributed by atoms with Gasteiger partial charge in [0.25, 0.3) is 0 Å². The van der Waals surface area contributed by atoms with E-state index in [9.17, 15) is 4.79 Å². The van der Waals surface area contributed by atoms with Crippen LogP contribution in [-0.4, -0.2) is 65.3 Å². The number of hydrogen-bond donors (Lipinski definition) is 1. The highest BCUT2D eigenvalue weighted by molar-refractivity contribution is 14.0. The van der Waals surface area contributed by atoms with Crippen LogP contribution in [0.4, 0.5) is 5.69 Å². The molecule has 10 heteroatoms. The SMILES string of the molecule is CN=C(NCc1ccc(OC)nc1)N1CCN(c2cnn(C)c2)C(=O)C1.I. The zero-order valence-corrected chi connectivity index (χ0v) is 18.0. The van der Waals surface area contributed by atoms with Gasteiger partial charge in [-0.25, -0.2) is 4.98 Å². The zero-order chi connectivity index (χ0) is 18.5. The maximum atomic E-state index is 12.5. The quantitative estimate of drug-likeness (QED) is 0.393. The number of amides is 1. The van der Waals surface area contributed by atoms with Crippen molar-refractivity contribution in [3.63, 3.8) is 0 Å². The maximum absolute atomic E-state index is 12.5. The van der Waals surface area contributed by atoms with E-state index in [0.29, 0.717) is 31.5 Å². The van der Waals surface area contributed by atoms with Gasteiger partial charge in [0.15, 0.2) is 5.96 Å². The number of aliphatic imine (C=N–C) groups is 1. The van der Waals surface area contributed by atoms with Crippen LogP contribution in [0.5, 0.6) is 5.88 Å². The Kier molecular flexibility index (Phi) is 7.39. The van der Waals surface area contributed by atoms with Gasteiger partial charge in [-0.3, -0.25) is 14.5 Å². The molecule has 9 nitrogen and oxygen atoms in total. The molecule has 2 aromatic heterocycles. The van der Waals surface area contributed by atoms with Gasteiger partial charge in [0, 0.05) is 52.2 Å². The van der Waals surface area contributed by atoms with Gasteiger partial charge < -0.3 is 19.9 Å². The molecule has 146 valence electrons. The fourth-order valence-corrected chi connectivity index (χ4v) is 2.82. The molecule has 3 rings (SSSR count). The third kappa shape index (κ3) is 5.08. The number of methoxy groups -OCH3 is 1. The molecule has 27 heavy (non-hydrogen) atoms. The van der Waals surface area contributed by atoms with Crippen molar-refractivity contribution in [2.45, 2.75) is 6.54 Å². The molecule has 1 saturated heterocycles. The number of piperazine rings is 1. The first-order valence-electron chi connectivity index (χ1n) is 8.34. The summed E-state index contributed by atoms with van der Waals surface area (Å²) in [5.74, 6) is 1.30. The highest BCUT2D eigenvalue weighted by Crippen LogP contribution is 2.16. The summed E-state index contributed by atoms with van der Waals surface area (Å²) in [4.78, 5) is 24.7. The van der Waals surface area contributed by atoms with Gasteiger partial charge in [-0.05, 0) is 5.56 Å². The normalized spacial score (nSPS) is 14.8. The minimum absolute atomic E-state index is 0. The third-order valence-corrected chi connectivity index (χ3v) is 4.19. The molecule has 1 N–H and O–H groups in total. The van der Waals surface area contributed by atoms with Gasteiger partial charge >= 0.3 is 0 Å². The predicted molar refractivity (Wildman–Crippen MR) is 114 cm³/mol. The van der Waals surface area contributed by atoms with Crippen LogP contribution in [-0.2, 0) is 18.4 Å². The first kappa shape index (κ1) is 20.9. The number of aromatic nitrogens is 3. The second kappa shape index (κ2) is 9.53. The third-order valence-electron chi connectivity index (χ3n) is 4.19. The molecule has 0 bridgehead atoms. The summed E-state index contributed by atoms with van der Waals surface area (Å²) < 4.78 is 6.75. The topological polar surface area (TPSA) is 87.9 Å². The highest BCUT2D eigenvalue weighted by Gasteiger charge is 2.27. The Morgan fingerprint density at radius 3 is 2.70 bits per heavy atom. The summed E-state index contributed by atoms with van der Waals surface area (Å²) in [6.07, 6.45) is 5.30. The Morgan fingerprint density at radius 1 is 1.33 bits per heavy atom. The summed E-state index contributed by atoms with van der Waals surface area (Å²) >= 11 is 0. The van der Waals surface area contributed by atoms with E-state index in [1.165, 1.54) is 0 Å². The van der Waals surface area contributed by atoms with E-state index in [1.54, 1.807) is 36.1 Å².